The van der Waals surface area contributed by atoms with E-state index in [4.69, 9.17) is 15.7 Å². The summed E-state index contributed by atoms with van der Waals surface area (Å²) in [4.78, 5) is 10.5. The Balaban J connectivity index is 2.18. The maximum absolute atomic E-state index is 9.09. The summed E-state index contributed by atoms with van der Waals surface area (Å²) in [6.07, 6.45) is -0.159. The molecule has 1 aromatic heterocycles. The van der Waals surface area contributed by atoms with Gasteiger partial charge in [0.15, 0.2) is 0 Å². The van der Waals surface area contributed by atoms with Gasteiger partial charge in [-0.15, -0.1) is 0 Å². The Hall–Kier alpha value is -1.44. The van der Waals surface area contributed by atoms with Crippen LogP contribution in [0.5, 0.6) is 0 Å². The number of aromatic nitrogens is 2. The first-order chi connectivity index (χ1) is 8.22. The lowest BCUT2D eigenvalue weighted by molar-refractivity contribution is 0.00335. The van der Waals surface area contributed by atoms with Gasteiger partial charge in [0.05, 0.1) is 19.3 Å². The fourth-order valence-electron chi connectivity index (χ4n) is 1.83. The monoisotopic (exact) mass is 239 g/mol. The lowest BCUT2D eigenvalue weighted by atomic mass is 10.3. The number of hydrogen-bond acceptors (Lipinski definition) is 7. The highest BCUT2D eigenvalue weighted by atomic mass is 16.5. The number of nitrogen functional groups attached to an aromatic ring is 1. The fraction of sp³-hybridized carbons (Fsp3) is 0.600. The standard InChI is InChI=1S/C10H17N5O2/c1-7-12-9(14-11)4-10(13-7)15-2-3-17-8(5-15)6-16/h4,8,16H,2-3,5-6,11H2,1H3,(H,12,13,14). The van der Waals surface area contributed by atoms with Crippen molar-refractivity contribution < 1.29 is 9.84 Å². The minimum Gasteiger partial charge on any atom is -0.394 e. The summed E-state index contributed by atoms with van der Waals surface area (Å²) in [5.41, 5.74) is 2.51. The van der Waals surface area contributed by atoms with Gasteiger partial charge in [0.25, 0.3) is 0 Å². The number of nitrogens with zero attached hydrogens (tertiary/aromatic N) is 3. The molecule has 0 saturated carbocycles. The van der Waals surface area contributed by atoms with Crippen LogP contribution in [0.2, 0.25) is 0 Å². The van der Waals surface area contributed by atoms with Crippen molar-refractivity contribution in [1.29, 1.82) is 0 Å². The summed E-state index contributed by atoms with van der Waals surface area (Å²) in [5.74, 6) is 7.38. The number of anilines is 2. The molecule has 94 valence electrons. The van der Waals surface area contributed by atoms with Crippen LogP contribution in [0.4, 0.5) is 11.6 Å². The molecule has 2 heterocycles. The molecule has 0 aliphatic carbocycles. The molecule has 0 spiro atoms. The number of hydrogen-bond donors (Lipinski definition) is 3. The van der Waals surface area contributed by atoms with Gasteiger partial charge in [-0.3, -0.25) is 0 Å². The SMILES string of the molecule is Cc1nc(NN)cc(N2CCOC(CO)C2)n1. The average molecular weight is 239 g/mol. The largest absolute Gasteiger partial charge is 0.394 e. The minimum atomic E-state index is -0.159. The molecule has 0 aromatic carbocycles. The predicted octanol–water partition coefficient (Wildman–Crippen LogP) is -0.732. The second kappa shape index (κ2) is 5.26. The zero-order chi connectivity index (χ0) is 12.3. The first-order valence-corrected chi connectivity index (χ1v) is 5.52. The van der Waals surface area contributed by atoms with Crippen LogP contribution < -0.4 is 16.2 Å². The quantitative estimate of drug-likeness (QED) is 0.472. The number of ether oxygens (including phenoxy) is 1. The minimum absolute atomic E-state index is 0.0164. The summed E-state index contributed by atoms with van der Waals surface area (Å²) in [6, 6.07) is 1.78. The third-order valence-corrected chi connectivity index (χ3v) is 2.64. The zero-order valence-corrected chi connectivity index (χ0v) is 9.76. The molecule has 1 aliphatic heterocycles. The molecule has 1 saturated heterocycles. The van der Waals surface area contributed by atoms with Crippen molar-refractivity contribution in [2.45, 2.75) is 13.0 Å². The number of morpholine rings is 1. The molecular weight excluding hydrogens is 222 g/mol. The van der Waals surface area contributed by atoms with Crippen molar-refractivity contribution in [2.75, 3.05) is 36.6 Å². The predicted molar refractivity (Wildman–Crippen MR) is 63.6 cm³/mol. The molecule has 7 nitrogen and oxygen atoms in total. The van der Waals surface area contributed by atoms with E-state index in [0.29, 0.717) is 24.8 Å². The van der Waals surface area contributed by atoms with E-state index in [-0.39, 0.29) is 12.7 Å². The Kier molecular flexibility index (Phi) is 3.72. The second-order valence-electron chi connectivity index (χ2n) is 3.92. The topological polar surface area (TPSA) is 96.5 Å². The van der Waals surface area contributed by atoms with Crippen LogP contribution >= 0.6 is 0 Å². The zero-order valence-electron chi connectivity index (χ0n) is 9.76. The Morgan fingerprint density at radius 1 is 1.65 bits per heavy atom. The lowest BCUT2D eigenvalue weighted by Gasteiger charge is -2.33. The molecular formula is C10H17N5O2. The third-order valence-electron chi connectivity index (χ3n) is 2.64. The maximum Gasteiger partial charge on any atom is 0.145 e. The van der Waals surface area contributed by atoms with Gasteiger partial charge in [0.2, 0.25) is 0 Å². The first-order valence-electron chi connectivity index (χ1n) is 5.52. The van der Waals surface area contributed by atoms with Crippen LogP contribution in [0.15, 0.2) is 6.07 Å². The summed E-state index contributed by atoms with van der Waals surface area (Å²) in [7, 11) is 0. The van der Waals surface area contributed by atoms with Crippen molar-refractivity contribution in [3.8, 4) is 0 Å². The highest BCUT2D eigenvalue weighted by molar-refractivity contribution is 5.49. The lowest BCUT2D eigenvalue weighted by Crippen LogP contribution is -2.44. The molecule has 1 fully saturated rings. The van der Waals surface area contributed by atoms with E-state index in [1.807, 2.05) is 6.92 Å². The summed E-state index contributed by atoms with van der Waals surface area (Å²) in [6.45, 7) is 3.78. The summed E-state index contributed by atoms with van der Waals surface area (Å²) < 4.78 is 5.39. The van der Waals surface area contributed by atoms with Gasteiger partial charge in [-0.05, 0) is 6.92 Å². The number of nitrogens with one attached hydrogen (secondary N) is 1. The van der Waals surface area contributed by atoms with Crippen LogP contribution in [0.1, 0.15) is 5.82 Å². The molecule has 7 heteroatoms. The van der Waals surface area contributed by atoms with Crippen LogP contribution in [-0.4, -0.2) is 47.5 Å². The number of nitrogens with two attached hydrogens (primary N) is 1. The van der Waals surface area contributed by atoms with E-state index in [0.717, 1.165) is 12.4 Å². The maximum atomic E-state index is 9.09. The molecule has 17 heavy (non-hydrogen) atoms. The van der Waals surface area contributed by atoms with Crippen LogP contribution in [0, 0.1) is 6.92 Å². The first kappa shape index (κ1) is 12.0. The van der Waals surface area contributed by atoms with Crippen LogP contribution in [-0.2, 0) is 4.74 Å². The van der Waals surface area contributed by atoms with E-state index in [1.165, 1.54) is 0 Å². The summed E-state index contributed by atoms with van der Waals surface area (Å²) >= 11 is 0. The van der Waals surface area contributed by atoms with Gasteiger partial charge < -0.3 is 20.2 Å². The van der Waals surface area contributed by atoms with Gasteiger partial charge in [-0.1, -0.05) is 0 Å². The fourth-order valence-corrected chi connectivity index (χ4v) is 1.83. The molecule has 1 unspecified atom stereocenters. The second-order valence-corrected chi connectivity index (χ2v) is 3.92. The number of rotatable bonds is 3. The molecule has 1 atom stereocenters. The number of hydrazine groups is 1. The molecule has 1 aromatic rings. The van der Waals surface area contributed by atoms with Gasteiger partial charge in [0, 0.05) is 19.2 Å². The van der Waals surface area contributed by atoms with E-state index in [2.05, 4.69) is 20.3 Å². The number of aliphatic hydroxyl groups is 1. The molecule has 2 rings (SSSR count). The highest BCUT2D eigenvalue weighted by Gasteiger charge is 2.21. The van der Waals surface area contributed by atoms with Gasteiger partial charge in [0.1, 0.15) is 17.5 Å². The Labute approximate surface area is 99.6 Å². The van der Waals surface area contributed by atoms with E-state index >= 15 is 0 Å². The van der Waals surface area contributed by atoms with Crippen molar-refractivity contribution in [1.82, 2.24) is 9.97 Å². The summed E-state index contributed by atoms with van der Waals surface area (Å²) in [5, 5.41) is 9.09. The van der Waals surface area contributed by atoms with Gasteiger partial charge in [-0.2, -0.15) is 0 Å². The van der Waals surface area contributed by atoms with Crippen molar-refractivity contribution in [2.24, 2.45) is 5.84 Å². The molecule has 1 aliphatic rings. The molecule has 0 radical (unpaired) electrons. The van der Waals surface area contributed by atoms with Crippen LogP contribution in [0.3, 0.4) is 0 Å². The van der Waals surface area contributed by atoms with Crippen LogP contribution in [0.25, 0.3) is 0 Å². The average Bonchev–Trinajstić information content (AvgIpc) is 2.38. The molecule has 4 N–H and O–H groups in total. The Bertz CT molecular complexity index is 387. The van der Waals surface area contributed by atoms with E-state index in [1.54, 1.807) is 6.07 Å². The number of aryl methyl sites for hydroxylation is 1. The third kappa shape index (κ3) is 2.82. The van der Waals surface area contributed by atoms with Crippen molar-refractivity contribution in [3.63, 3.8) is 0 Å². The normalized spacial score (nSPS) is 20.4. The number of aliphatic hydroxyl groups excluding tert-OH is 1. The van der Waals surface area contributed by atoms with Crippen molar-refractivity contribution in [3.05, 3.63) is 11.9 Å². The van der Waals surface area contributed by atoms with Gasteiger partial charge in [-0.25, -0.2) is 15.8 Å². The Morgan fingerprint density at radius 2 is 2.47 bits per heavy atom. The van der Waals surface area contributed by atoms with E-state index in [9.17, 15) is 0 Å². The highest BCUT2D eigenvalue weighted by Crippen LogP contribution is 2.18. The smallest absolute Gasteiger partial charge is 0.145 e. The van der Waals surface area contributed by atoms with E-state index < -0.39 is 0 Å². The molecule has 0 bridgehead atoms. The van der Waals surface area contributed by atoms with Crippen molar-refractivity contribution >= 4 is 11.6 Å². The molecule has 0 amide bonds. The van der Waals surface area contributed by atoms with Gasteiger partial charge >= 0.3 is 0 Å². The Morgan fingerprint density at radius 3 is 3.18 bits per heavy atom.